The number of methoxy groups -OCH3 is 1. The van der Waals surface area contributed by atoms with Gasteiger partial charge in [-0.15, -0.1) is 0 Å². The minimum Gasteiger partial charge on any atom is -0.465 e. The molecule has 0 atom stereocenters. The maximum absolute atomic E-state index is 12.0. The molecule has 6 heteroatoms. The van der Waals surface area contributed by atoms with Crippen molar-refractivity contribution < 1.29 is 14.3 Å². The van der Waals surface area contributed by atoms with Crippen LogP contribution in [-0.2, 0) is 11.3 Å². The highest BCUT2D eigenvalue weighted by molar-refractivity contribution is 5.96. The van der Waals surface area contributed by atoms with Crippen molar-refractivity contribution in [1.82, 2.24) is 15.1 Å². The number of esters is 1. The largest absolute Gasteiger partial charge is 0.465 e. The van der Waals surface area contributed by atoms with Crippen molar-refractivity contribution >= 4 is 11.9 Å². The van der Waals surface area contributed by atoms with Crippen molar-refractivity contribution in [1.29, 1.82) is 0 Å². The third-order valence-corrected chi connectivity index (χ3v) is 3.18. The van der Waals surface area contributed by atoms with Gasteiger partial charge < -0.3 is 10.1 Å². The average molecular weight is 301 g/mol. The molecule has 0 aliphatic carbocycles. The topological polar surface area (TPSA) is 73.2 Å². The molecule has 0 saturated heterocycles. The molecule has 6 nitrogen and oxygen atoms in total. The van der Waals surface area contributed by atoms with E-state index in [1.54, 1.807) is 30.5 Å². The summed E-state index contributed by atoms with van der Waals surface area (Å²) in [6.07, 6.45) is 4.57. The van der Waals surface area contributed by atoms with Crippen LogP contribution in [0.15, 0.2) is 36.7 Å². The lowest BCUT2D eigenvalue weighted by atomic mass is 10.1. The zero-order valence-corrected chi connectivity index (χ0v) is 12.7. The summed E-state index contributed by atoms with van der Waals surface area (Å²) in [5.74, 6) is -0.575. The van der Waals surface area contributed by atoms with Gasteiger partial charge in [-0.25, -0.2) is 4.79 Å². The maximum atomic E-state index is 12.0. The van der Waals surface area contributed by atoms with E-state index in [2.05, 4.69) is 15.2 Å². The molecule has 2 aromatic rings. The quantitative estimate of drug-likeness (QED) is 0.652. The van der Waals surface area contributed by atoms with E-state index in [1.807, 2.05) is 17.8 Å². The van der Waals surface area contributed by atoms with Gasteiger partial charge >= 0.3 is 5.97 Å². The number of aromatic nitrogens is 2. The molecule has 1 heterocycles. The van der Waals surface area contributed by atoms with Crippen LogP contribution in [0.3, 0.4) is 0 Å². The molecule has 1 aromatic heterocycles. The van der Waals surface area contributed by atoms with Crippen LogP contribution >= 0.6 is 0 Å². The lowest BCUT2D eigenvalue weighted by Gasteiger charge is -2.06. The number of carbonyl (C=O) groups is 2. The summed E-state index contributed by atoms with van der Waals surface area (Å²) in [4.78, 5) is 23.3. The van der Waals surface area contributed by atoms with Gasteiger partial charge in [-0.1, -0.05) is 0 Å². The van der Waals surface area contributed by atoms with Gasteiger partial charge in [0.15, 0.2) is 0 Å². The van der Waals surface area contributed by atoms with Crippen LogP contribution in [-0.4, -0.2) is 35.3 Å². The normalized spacial score (nSPS) is 10.3. The van der Waals surface area contributed by atoms with E-state index >= 15 is 0 Å². The minimum absolute atomic E-state index is 0.159. The summed E-state index contributed by atoms with van der Waals surface area (Å²) in [7, 11) is 1.32. The van der Waals surface area contributed by atoms with Crippen molar-refractivity contribution in [2.45, 2.75) is 19.9 Å². The molecule has 1 aromatic carbocycles. The molecule has 116 valence electrons. The first-order valence-corrected chi connectivity index (χ1v) is 7.06. The number of hydrogen-bond donors (Lipinski definition) is 1. The average Bonchev–Trinajstić information content (AvgIpc) is 2.96. The smallest absolute Gasteiger partial charge is 0.337 e. The van der Waals surface area contributed by atoms with Gasteiger partial charge in [0.25, 0.3) is 5.91 Å². The Balaban J connectivity index is 1.78. The molecule has 0 saturated carbocycles. The van der Waals surface area contributed by atoms with Crippen molar-refractivity contribution in [3.63, 3.8) is 0 Å². The summed E-state index contributed by atoms with van der Waals surface area (Å²) in [6.45, 7) is 3.31. The number of rotatable bonds is 6. The minimum atomic E-state index is -0.415. The zero-order chi connectivity index (χ0) is 15.9. The predicted molar refractivity (Wildman–Crippen MR) is 81.7 cm³/mol. The first-order valence-electron chi connectivity index (χ1n) is 7.06. The first kappa shape index (κ1) is 15.8. The predicted octanol–water partition coefficient (Wildman–Crippen LogP) is 1.80. The SMILES string of the molecule is COC(=O)c1ccc(C(=O)NCCCn2cc(C)cn2)cc1. The molecule has 1 N–H and O–H groups in total. The summed E-state index contributed by atoms with van der Waals surface area (Å²) in [6, 6.07) is 6.37. The number of benzene rings is 1. The third-order valence-electron chi connectivity index (χ3n) is 3.18. The molecule has 0 unspecified atom stereocenters. The van der Waals surface area contributed by atoms with Crippen LogP contribution < -0.4 is 5.32 Å². The molecular formula is C16H19N3O3. The second-order valence-corrected chi connectivity index (χ2v) is 4.96. The van der Waals surface area contributed by atoms with Crippen LogP contribution in [0.2, 0.25) is 0 Å². The molecule has 0 radical (unpaired) electrons. The Morgan fingerprint density at radius 2 is 1.91 bits per heavy atom. The lowest BCUT2D eigenvalue weighted by Crippen LogP contribution is -2.25. The number of nitrogens with one attached hydrogen (secondary N) is 1. The standard InChI is InChI=1S/C16H19N3O3/c1-12-10-18-19(11-12)9-3-8-17-15(20)13-4-6-14(7-5-13)16(21)22-2/h4-7,10-11H,3,8-9H2,1-2H3,(H,17,20). The fourth-order valence-corrected chi connectivity index (χ4v) is 2.01. The first-order chi connectivity index (χ1) is 10.6. The Morgan fingerprint density at radius 1 is 1.23 bits per heavy atom. The van der Waals surface area contributed by atoms with Gasteiger partial charge in [0.2, 0.25) is 0 Å². The number of aryl methyl sites for hydroxylation is 2. The lowest BCUT2D eigenvalue weighted by molar-refractivity contribution is 0.0600. The van der Waals surface area contributed by atoms with E-state index in [9.17, 15) is 9.59 Å². The highest BCUT2D eigenvalue weighted by Crippen LogP contribution is 2.05. The summed E-state index contributed by atoms with van der Waals surface area (Å²) < 4.78 is 6.47. The van der Waals surface area contributed by atoms with E-state index in [0.29, 0.717) is 17.7 Å². The highest BCUT2D eigenvalue weighted by Gasteiger charge is 2.08. The Bertz CT molecular complexity index is 647. The van der Waals surface area contributed by atoms with Crippen LogP contribution in [0.25, 0.3) is 0 Å². The van der Waals surface area contributed by atoms with Crippen LogP contribution in [0.5, 0.6) is 0 Å². The molecule has 1 amide bonds. The van der Waals surface area contributed by atoms with E-state index in [4.69, 9.17) is 0 Å². The Kier molecular flexibility index (Phi) is 5.30. The van der Waals surface area contributed by atoms with Crippen molar-refractivity contribution in [2.24, 2.45) is 0 Å². The Labute approximate surface area is 129 Å². The molecule has 2 rings (SSSR count). The van der Waals surface area contributed by atoms with Gasteiger partial charge in [0, 0.05) is 24.8 Å². The number of amides is 1. The summed E-state index contributed by atoms with van der Waals surface area (Å²) in [5, 5.41) is 7.03. The Hall–Kier alpha value is -2.63. The van der Waals surface area contributed by atoms with Gasteiger partial charge in [-0.2, -0.15) is 5.10 Å². The second-order valence-electron chi connectivity index (χ2n) is 4.96. The van der Waals surface area contributed by atoms with E-state index in [0.717, 1.165) is 18.5 Å². The maximum Gasteiger partial charge on any atom is 0.337 e. The van der Waals surface area contributed by atoms with Crippen LogP contribution in [0.4, 0.5) is 0 Å². The molecule has 0 aliphatic rings. The Morgan fingerprint density at radius 3 is 2.50 bits per heavy atom. The van der Waals surface area contributed by atoms with E-state index < -0.39 is 5.97 Å². The molecule has 0 spiro atoms. The van der Waals surface area contributed by atoms with E-state index in [-0.39, 0.29) is 5.91 Å². The number of nitrogens with zero attached hydrogens (tertiary/aromatic N) is 2. The van der Waals surface area contributed by atoms with E-state index in [1.165, 1.54) is 7.11 Å². The second kappa shape index (κ2) is 7.40. The molecule has 22 heavy (non-hydrogen) atoms. The fourth-order valence-electron chi connectivity index (χ4n) is 2.01. The molecule has 0 bridgehead atoms. The fraction of sp³-hybridized carbons (Fsp3) is 0.312. The summed E-state index contributed by atoms with van der Waals surface area (Å²) >= 11 is 0. The molecule has 0 fully saturated rings. The van der Waals surface area contributed by atoms with Crippen molar-refractivity contribution in [2.75, 3.05) is 13.7 Å². The third kappa shape index (κ3) is 4.18. The monoisotopic (exact) mass is 301 g/mol. The van der Waals surface area contributed by atoms with Crippen LogP contribution in [0, 0.1) is 6.92 Å². The summed E-state index contributed by atoms with van der Waals surface area (Å²) in [5.41, 5.74) is 2.06. The van der Waals surface area contributed by atoms with Gasteiger partial charge in [-0.3, -0.25) is 9.48 Å². The van der Waals surface area contributed by atoms with Gasteiger partial charge in [-0.05, 0) is 43.2 Å². The van der Waals surface area contributed by atoms with Gasteiger partial charge in [0.1, 0.15) is 0 Å². The molecular weight excluding hydrogens is 282 g/mol. The van der Waals surface area contributed by atoms with Crippen LogP contribution in [0.1, 0.15) is 32.7 Å². The van der Waals surface area contributed by atoms with Crippen molar-refractivity contribution in [3.8, 4) is 0 Å². The zero-order valence-electron chi connectivity index (χ0n) is 12.7. The van der Waals surface area contributed by atoms with Gasteiger partial charge in [0.05, 0.1) is 18.9 Å². The number of ether oxygens (including phenoxy) is 1. The highest BCUT2D eigenvalue weighted by atomic mass is 16.5. The van der Waals surface area contributed by atoms with Crippen molar-refractivity contribution in [3.05, 3.63) is 53.3 Å². The number of carbonyl (C=O) groups excluding carboxylic acids is 2. The molecule has 0 aliphatic heterocycles. The number of hydrogen-bond acceptors (Lipinski definition) is 4.